The van der Waals surface area contributed by atoms with Crippen LogP contribution >= 0.6 is 0 Å². The van der Waals surface area contributed by atoms with Crippen molar-refractivity contribution in [2.45, 2.75) is 33.4 Å². The van der Waals surface area contributed by atoms with Crippen molar-refractivity contribution in [1.82, 2.24) is 10.3 Å². The Bertz CT molecular complexity index is 361. The number of aromatic nitrogens is 1. The number of ether oxygens (including phenoxy) is 2. The third kappa shape index (κ3) is 4.98. The Balaban J connectivity index is 2.67. The number of hydrogen-bond acceptors (Lipinski definition) is 4. The lowest BCUT2D eigenvalue weighted by Gasteiger charge is -2.16. The fraction of sp³-hybridized carbons (Fsp3) is 0.615. The van der Waals surface area contributed by atoms with Crippen LogP contribution in [0.5, 0.6) is 5.88 Å². The molecule has 0 bridgehead atoms. The Morgan fingerprint density at radius 2 is 2.22 bits per heavy atom. The van der Waals surface area contributed by atoms with Gasteiger partial charge in [-0.05, 0) is 26.5 Å². The summed E-state index contributed by atoms with van der Waals surface area (Å²) in [5.41, 5.74) is 0.722. The zero-order valence-electron chi connectivity index (χ0n) is 11.2. The average molecular weight is 256 g/mol. The molecule has 0 aliphatic rings. The quantitative estimate of drug-likeness (QED) is 0.774. The van der Waals surface area contributed by atoms with Gasteiger partial charge in [-0.1, -0.05) is 6.92 Å². The van der Waals surface area contributed by atoms with E-state index in [1.807, 2.05) is 20.8 Å². The zero-order valence-corrected chi connectivity index (χ0v) is 11.2. The molecule has 0 saturated heterocycles. The van der Waals surface area contributed by atoms with Crippen LogP contribution in [0.1, 0.15) is 26.3 Å². The third-order valence-corrected chi connectivity index (χ3v) is 2.33. The summed E-state index contributed by atoms with van der Waals surface area (Å²) in [4.78, 5) is 3.99. The van der Waals surface area contributed by atoms with Crippen molar-refractivity contribution in [2.75, 3.05) is 19.8 Å². The van der Waals surface area contributed by atoms with Gasteiger partial charge in [0, 0.05) is 18.7 Å². The van der Waals surface area contributed by atoms with E-state index in [-0.39, 0.29) is 11.9 Å². The third-order valence-electron chi connectivity index (χ3n) is 2.33. The lowest BCUT2D eigenvalue weighted by Crippen LogP contribution is -2.21. The van der Waals surface area contributed by atoms with E-state index in [9.17, 15) is 4.39 Å². The summed E-state index contributed by atoms with van der Waals surface area (Å²) >= 11 is 0. The molecule has 1 N–H and O–H groups in total. The number of nitrogens with zero attached hydrogens (tertiary/aromatic N) is 1. The fourth-order valence-electron chi connectivity index (χ4n) is 1.47. The van der Waals surface area contributed by atoms with Gasteiger partial charge in [-0.2, -0.15) is 0 Å². The molecule has 1 heterocycles. The van der Waals surface area contributed by atoms with Gasteiger partial charge in [-0.25, -0.2) is 9.37 Å². The van der Waals surface area contributed by atoms with Crippen LogP contribution in [0.4, 0.5) is 4.39 Å². The van der Waals surface area contributed by atoms with E-state index >= 15 is 0 Å². The summed E-state index contributed by atoms with van der Waals surface area (Å²) in [5.74, 6) is 0.109. The normalized spacial score (nSPS) is 12.4. The zero-order chi connectivity index (χ0) is 13.4. The maximum absolute atomic E-state index is 13.1. The van der Waals surface area contributed by atoms with E-state index in [0.29, 0.717) is 25.6 Å². The highest BCUT2D eigenvalue weighted by Crippen LogP contribution is 2.17. The van der Waals surface area contributed by atoms with Gasteiger partial charge in [-0.15, -0.1) is 0 Å². The van der Waals surface area contributed by atoms with Crippen LogP contribution in [-0.4, -0.2) is 30.8 Å². The fourth-order valence-corrected chi connectivity index (χ4v) is 1.47. The van der Waals surface area contributed by atoms with Crippen LogP contribution in [0.2, 0.25) is 0 Å². The molecule has 0 radical (unpaired) electrons. The predicted octanol–water partition coefficient (Wildman–Crippen LogP) is 2.13. The predicted molar refractivity (Wildman–Crippen MR) is 68.2 cm³/mol. The van der Waals surface area contributed by atoms with Crippen molar-refractivity contribution in [3.05, 3.63) is 23.6 Å². The molecule has 0 aliphatic carbocycles. The molecule has 1 unspecified atom stereocenters. The number of rotatable bonds is 8. The number of halogens is 1. The highest BCUT2D eigenvalue weighted by Gasteiger charge is 2.11. The molecule has 0 aliphatic heterocycles. The molecule has 0 amide bonds. The lowest BCUT2D eigenvalue weighted by atomic mass is 10.2. The topological polar surface area (TPSA) is 43.4 Å². The van der Waals surface area contributed by atoms with Gasteiger partial charge >= 0.3 is 0 Å². The summed E-state index contributed by atoms with van der Waals surface area (Å²) in [6, 6.07) is 1.44. The molecule has 102 valence electrons. The Morgan fingerprint density at radius 3 is 2.89 bits per heavy atom. The highest BCUT2D eigenvalue weighted by atomic mass is 19.1. The maximum Gasteiger partial charge on any atom is 0.218 e. The van der Waals surface area contributed by atoms with E-state index in [0.717, 1.165) is 18.3 Å². The maximum atomic E-state index is 13.1. The molecule has 1 aromatic heterocycles. The number of hydrogen-bond donors (Lipinski definition) is 1. The Morgan fingerprint density at radius 1 is 1.44 bits per heavy atom. The second-order valence-corrected chi connectivity index (χ2v) is 3.99. The minimum absolute atomic E-state index is 0.108. The van der Waals surface area contributed by atoms with E-state index in [1.54, 1.807) is 0 Å². The van der Waals surface area contributed by atoms with Gasteiger partial charge in [0.1, 0.15) is 11.9 Å². The van der Waals surface area contributed by atoms with E-state index < -0.39 is 0 Å². The lowest BCUT2D eigenvalue weighted by molar-refractivity contribution is 0.0626. The molecular formula is C13H21FN2O2. The molecule has 5 heteroatoms. The summed E-state index contributed by atoms with van der Waals surface area (Å²) < 4.78 is 24.1. The van der Waals surface area contributed by atoms with Crippen molar-refractivity contribution >= 4 is 0 Å². The van der Waals surface area contributed by atoms with Gasteiger partial charge < -0.3 is 14.8 Å². The van der Waals surface area contributed by atoms with Crippen LogP contribution in [0.15, 0.2) is 12.3 Å². The van der Waals surface area contributed by atoms with Crippen molar-refractivity contribution in [2.24, 2.45) is 0 Å². The van der Waals surface area contributed by atoms with E-state index in [4.69, 9.17) is 9.47 Å². The molecule has 1 aromatic rings. The average Bonchev–Trinajstić information content (AvgIpc) is 2.36. The molecule has 4 nitrogen and oxygen atoms in total. The first kappa shape index (κ1) is 14.9. The SMILES string of the molecule is CCNCc1cc(F)cnc1OC(C)COCC. The van der Waals surface area contributed by atoms with E-state index in [2.05, 4.69) is 10.3 Å². The standard InChI is InChI=1S/C13H21FN2O2/c1-4-15-7-11-6-12(14)8-16-13(11)18-10(3)9-17-5-2/h6,8,10,15H,4-5,7,9H2,1-3H3. The second-order valence-electron chi connectivity index (χ2n) is 3.99. The van der Waals surface area contributed by atoms with E-state index in [1.165, 1.54) is 6.07 Å². The van der Waals surface area contributed by atoms with Crippen molar-refractivity contribution < 1.29 is 13.9 Å². The van der Waals surface area contributed by atoms with Gasteiger partial charge in [0.05, 0.1) is 12.8 Å². The molecule has 1 rings (SSSR count). The molecular weight excluding hydrogens is 235 g/mol. The Hall–Kier alpha value is -1.20. The monoisotopic (exact) mass is 256 g/mol. The van der Waals surface area contributed by atoms with Gasteiger partial charge in [0.25, 0.3) is 0 Å². The Labute approximate surface area is 108 Å². The highest BCUT2D eigenvalue weighted by molar-refractivity contribution is 5.26. The van der Waals surface area contributed by atoms with Crippen LogP contribution in [0, 0.1) is 5.82 Å². The minimum atomic E-state index is -0.354. The summed E-state index contributed by atoms with van der Waals surface area (Å²) in [7, 11) is 0. The smallest absolute Gasteiger partial charge is 0.218 e. The van der Waals surface area contributed by atoms with Crippen LogP contribution in [-0.2, 0) is 11.3 Å². The van der Waals surface area contributed by atoms with Gasteiger partial charge in [-0.3, -0.25) is 0 Å². The van der Waals surface area contributed by atoms with Crippen molar-refractivity contribution in [1.29, 1.82) is 0 Å². The largest absolute Gasteiger partial charge is 0.472 e. The number of pyridine rings is 1. The number of nitrogens with one attached hydrogen (secondary N) is 1. The van der Waals surface area contributed by atoms with Crippen LogP contribution in [0.3, 0.4) is 0 Å². The summed E-state index contributed by atoms with van der Waals surface area (Å²) in [6.45, 7) is 8.32. The Kier molecular flexibility index (Phi) is 6.60. The second kappa shape index (κ2) is 8.00. The molecule has 18 heavy (non-hydrogen) atoms. The van der Waals surface area contributed by atoms with Crippen molar-refractivity contribution in [3.63, 3.8) is 0 Å². The molecule has 0 fully saturated rings. The first-order valence-electron chi connectivity index (χ1n) is 6.26. The summed E-state index contributed by atoms with van der Waals surface area (Å²) in [5, 5.41) is 3.13. The van der Waals surface area contributed by atoms with Gasteiger partial charge in [0.2, 0.25) is 5.88 Å². The van der Waals surface area contributed by atoms with Gasteiger partial charge in [0.15, 0.2) is 0 Å². The molecule has 0 aromatic carbocycles. The van der Waals surface area contributed by atoms with Crippen LogP contribution in [0.25, 0.3) is 0 Å². The first-order chi connectivity index (χ1) is 8.67. The van der Waals surface area contributed by atoms with Crippen LogP contribution < -0.4 is 10.1 Å². The summed E-state index contributed by atoms with van der Waals surface area (Å²) in [6.07, 6.45) is 1.06. The minimum Gasteiger partial charge on any atom is -0.472 e. The molecule has 0 spiro atoms. The van der Waals surface area contributed by atoms with Crippen molar-refractivity contribution in [3.8, 4) is 5.88 Å². The molecule has 0 saturated carbocycles. The first-order valence-corrected chi connectivity index (χ1v) is 6.26. The molecule has 1 atom stereocenters.